The van der Waals surface area contributed by atoms with Gasteiger partial charge in [-0.05, 0) is 12.0 Å². The number of nitrogens with one attached hydrogen (secondary N) is 1. The van der Waals surface area contributed by atoms with Crippen LogP contribution in [0.1, 0.15) is 19.4 Å². The molecule has 0 spiro atoms. The molecule has 0 aromatic heterocycles. The molecule has 0 saturated carbocycles. The Bertz CT molecular complexity index is 421. The monoisotopic (exact) mass is 271 g/mol. The molecule has 0 unspecified atom stereocenters. The molecule has 0 amide bonds. The third-order valence-corrected chi connectivity index (χ3v) is 3.01. The molecule has 18 heavy (non-hydrogen) atoms. The van der Waals surface area contributed by atoms with E-state index in [-0.39, 0.29) is 17.6 Å². The second-order valence-corrected chi connectivity index (χ2v) is 4.78. The number of phenols is 1. The third kappa shape index (κ3) is 3.62. The van der Waals surface area contributed by atoms with Gasteiger partial charge in [0.25, 0.3) is 0 Å². The van der Waals surface area contributed by atoms with E-state index in [1.165, 1.54) is 7.11 Å². The van der Waals surface area contributed by atoms with Gasteiger partial charge in [-0.15, -0.1) is 0 Å². The summed E-state index contributed by atoms with van der Waals surface area (Å²) in [5.74, 6) is -0.177. The highest BCUT2D eigenvalue weighted by molar-refractivity contribution is 6.32. The molecule has 0 saturated heterocycles. The van der Waals surface area contributed by atoms with Crippen molar-refractivity contribution in [1.82, 2.24) is 5.32 Å². The summed E-state index contributed by atoms with van der Waals surface area (Å²) in [6.07, 6.45) is 0. The molecular weight excluding hydrogens is 254 g/mol. The topological polar surface area (TPSA) is 58.6 Å². The van der Waals surface area contributed by atoms with Gasteiger partial charge in [0.2, 0.25) is 0 Å². The fourth-order valence-electron chi connectivity index (χ4n) is 1.64. The second kappa shape index (κ2) is 6.61. The number of halogens is 1. The number of carbonyl (C=O) groups is 1. The number of phenolic OH excluding ortho intramolecular Hbond substituents is 1. The van der Waals surface area contributed by atoms with E-state index in [2.05, 4.69) is 5.32 Å². The van der Waals surface area contributed by atoms with Crippen LogP contribution in [0.4, 0.5) is 0 Å². The highest BCUT2D eigenvalue weighted by Gasteiger charge is 2.22. The van der Waals surface area contributed by atoms with Crippen molar-refractivity contribution in [3.8, 4) is 5.75 Å². The van der Waals surface area contributed by atoms with E-state index in [0.717, 1.165) is 0 Å². The Labute approximate surface area is 112 Å². The van der Waals surface area contributed by atoms with Crippen molar-refractivity contribution in [2.45, 2.75) is 26.4 Å². The molecule has 0 radical (unpaired) electrons. The van der Waals surface area contributed by atoms with Gasteiger partial charge in [-0.2, -0.15) is 0 Å². The minimum atomic E-state index is -0.409. The zero-order valence-corrected chi connectivity index (χ0v) is 11.5. The Kier molecular flexibility index (Phi) is 5.44. The smallest absolute Gasteiger partial charge is 0.323 e. The van der Waals surface area contributed by atoms with Crippen LogP contribution in [0.2, 0.25) is 5.02 Å². The molecule has 0 fully saturated rings. The van der Waals surface area contributed by atoms with Crippen LogP contribution in [0.15, 0.2) is 18.2 Å². The molecule has 1 rings (SSSR count). The van der Waals surface area contributed by atoms with Crippen molar-refractivity contribution in [1.29, 1.82) is 0 Å². The molecule has 0 aliphatic carbocycles. The second-order valence-electron chi connectivity index (χ2n) is 4.37. The summed E-state index contributed by atoms with van der Waals surface area (Å²) in [5, 5.41) is 13.1. The Morgan fingerprint density at radius 2 is 2.17 bits per heavy atom. The number of para-hydroxylation sites is 1. The zero-order chi connectivity index (χ0) is 13.7. The maximum atomic E-state index is 11.6. The van der Waals surface area contributed by atoms with Gasteiger partial charge in [0.15, 0.2) is 0 Å². The summed E-state index contributed by atoms with van der Waals surface area (Å²) in [5.41, 5.74) is 0.650. The number of hydrogen-bond donors (Lipinski definition) is 2. The summed E-state index contributed by atoms with van der Waals surface area (Å²) in [6.45, 7) is 4.20. The van der Waals surface area contributed by atoms with E-state index >= 15 is 0 Å². The lowest BCUT2D eigenvalue weighted by Gasteiger charge is -2.20. The molecule has 0 aliphatic heterocycles. The Morgan fingerprint density at radius 1 is 1.50 bits per heavy atom. The van der Waals surface area contributed by atoms with Crippen LogP contribution in [0, 0.1) is 5.92 Å². The quantitative estimate of drug-likeness (QED) is 0.807. The first-order valence-electron chi connectivity index (χ1n) is 5.75. The molecule has 100 valence electrons. The van der Waals surface area contributed by atoms with Gasteiger partial charge in [-0.1, -0.05) is 37.6 Å². The van der Waals surface area contributed by atoms with Gasteiger partial charge < -0.3 is 9.84 Å². The van der Waals surface area contributed by atoms with Crippen LogP contribution in [-0.4, -0.2) is 24.2 Å². The maximum Gasteiger partial charge on any atom is 0.323 e. The van der Waals surface area contributed by atoms with Crippen LogP contribution in [0.25, 0.3) is 0 Å². The van der Waals surface area contributed by atoms with E-state index in [4.69, 9.17) is 16.3 Å². The van der Waals surface area contributed by atoms with Gasteiger partial charge >= 0.3 is 5.97 Å². The fourth-order valence-corrected chi connectivity index (χ4v) is 1.83. The van der Waals surface area contributed by atoms with Gasteiger partial charge in [0.05, 0.1) is 12.1 Å². The number of hydrogen-bond acceptors (Lipinski definition) is 4. The lowest BCUT2D eigenvalue weighted by Crippen LogP contribution is -2.41. The first-order chi connectivity index (χ1) is 8.47. The molecular formula is C13H18ClNO3. The average Bonchev–Trinajstić information content (AvgIpc) is 2.33. The highest BCUT2D eigenvalue weighted by Crippen LogP contribution is 2.26. The minimum Gasteiger partial charge on any atom is -0.506 e. The van der Waals surface area contributed by atoms with E-state index in [0.29, 0.717) is 17.1 Å². The molecule has 1 aromatic rings. The minimum absolute atomic E-state index is 0.0408. The lowest BCUT2D eigenvalue weighted by atomic mass is 10.0. The summed E-state index contributed by atoms with van der Waals surface area (Å²) >= 11 is 5.81. The van der Waals surface area contributed by atoms with Crippen molar-refractivity contribution >= 4 is 17.6 Å². The molecule has 0 aliphatic rings. The molecule has 1 aromatic carbocycles. The molecule has 5 heteroatoms. The van der Waals surface area contributed by atoms with Crippen molar-refractivity contribution in [2.75, 3.05) is 7.11 Å². The molecule has 0 bridgehead atoms. The first-order valence-corrected chi connectivity index (χ1v) is 6.12. The highest BCUT2D eigenvalue weighted by atomic mass is 35.5. The number of aromatic hydroxyl groups is 1. The predicted molar refractivity (Wildman–Crippen MR) is 70.6 cm³/mol. The van der Waals surface area contributed by atoms with E-state index in [9.17, 15) is 9.90 Å². The molecule has 0 heterocycles. The molecule has 4 nitrogen and oxygen atoms in total. The van der Waals surface area contributed by atoms with Gasteiger partial charge in [-0.25, -0.2) is 0 Å². The van der Waals surface area contributed by atoms with E-state index in [1.807, 2.05) is 13.8 Å². The lowest BCUT2D eigenvalue weighted by molar-refractivity contribution is -0.144. The summed E-state index contributed by atoms with van der Waals surface area (Å²) < 4.78 is 4.73. The van der Waals surface area contributed by atoms with Crippen molar-refractivity contribution in [3.05, 3.63) is 28.8 Å². The Hall–Kier alpha value is -1.26. The van der Waals surface area contributed by atoms with Crippen LogP contribution >= 0.6 is 11.6 Å². The van der Waals surface area contributed by atoms with Crippen LogP contribution in [-0.2, 0) is 16.1 Å². The van der Waals surface area contributed by atoms with Gasteiger partial charge in [-0.3, -0.25) is 10.1 Å². The van der Waals surface area contributed by atoms with Gasteiger partial charge in [0, 0.05) is 12.1 Å². The van der Waals surface area contributed by atoms with Crippen molar-refractivity contribution in [2.24, 2.45) is 5.92 Å². The van der Waals surface area contributed by atoms with Crippen molar-refractivity contribution in [3.63, 3.8) is 0 Å². The van der Waals surface area contributed by atoms with E-state index < -0.39 is 6.04 Å². The molecule has 2 N–H and O–H groups in total. The molecule has 1 atom stereocenters. The fraction of sp³-hybridized carbons (Fsp3) is 0.462. The van der Waals surface area contributed by atoms with Crippen LogP contribution < -0.4 is 5.32 Å². The van der Waals surface area contributed by atoms with Crippen LogP contribution in [0.3, 0.4) is 0 Å². The van der Waals surface area contributed by atoms with Crippen molar-refractivity contribution < 1.29 is 14.6 Å². The number of carbonyl (C=O) groups excluding carboxylic acids is 1. The number of ether oxygens (including phenoxy) is 1. The largest absolute Gasteiger partial charge is 0.506 e. The summed E-state index contributed by atoms with van der Waals surface area (Å²) in [4.78, 5) is 11.6. The van der Waals surface area contributed by atoms with Crippen LogP contribution in [0.5, 0.6) is 5.75 Å². The first kappa shape index (κ1) is 14.8. The number of methoxy groups -OCH3 is 1. The number of rotatable bonds is 5. The predicted octanol–water partition coefficient (Wildman–Crippen LogP) is 2.33. The number of esters is 1. The normalized spacial score (nSPS) is 12.5. The van der Waals surface area contributed by atoms with Gasteiger partial charge in [0.1, 0.15) is 11.8 Å². The standard InChI is InChI=1S/C13H18ClNO3/c1-8(2)11(13(17)18-3)15-7-9-5-4-6-10(14)12(9)16/h4-6,8,11,15-16H,7H2,1-3H3/t11-/m0/s1. The third-order valence-electron chi connectivity index (χ3n) is 2.70. The Balaban J connectivity index is 2.73. The SMILES string of the molecule is COC(=O)[C@@H](NCc1cccc(Cl)c1O)C(C)C. The average molecular weight is 272 g/mol. The maximum absolute atomic E-state index is 11.6. The Morgan fingerprint density at radius 3 is 2.72 bits per heavy atom. The van der Waals surface area contributed by atoms with E-state index in [1.54, 1.807) is 18.2 Å². The number of benzene rings is 1. The summed E-state index contributed by atoms with van der Waals surface area (Å²) in [6, 6.07) is 4.71. The summed E-state index contributed by atoms with van der Waals surface area (Å²) in [7, 11) is 1.36. The zero-order valence-electron chi connectivity index (χ0n) is 10.7.